The number of hydrogen-bond donors (Lipinski definition) is 1. The van der Waals surface area contributed by atoms with Gasteiger partial charge < -0.3 is 5.32 Å². The maximum atomic E-state index is 4.03. The van der Waals surface area contributed by atoms with Crippen molar-refractivity contribution in [2.75, 3.05) is 13.1 Å². The number of allylic oxidation sites excluding steroid dienone is 1. The Bertz CT molecular complexity index is 181. The van der Waals surface area contributed by atoms with Crippen LogP contribution in [0.4, 0.5) is 0 Å². The third-order valence-corrected chi connectivity index (χ3v) is 3.62. The quantitative estimate of drug-likeness (QED) is 0.588. The molecule has 1 aliphatic carbocycles. The molecule has 12 heavy (non-hydrogen) atoms. The van der Waals surface area contributed by atoms with Crippen LogP contribution < -0.4 is 5.32 Å². The van der Waals surface area contributed by atoms with E-state index in [0.717, 1.165) is 5.92 Å². The largest absolute Gasteiger partial charge is 0.316 e. The fourth-order valence-electron chi connectivity index (χ4n) is 2.71. The van der Waals surface area contributed by atoms with E-state index in [0.29, 0.717) is 5.41 Å². The molecular weight excluding hydrogens is 146 g/mol. The lowest BCUT2D eigenvalue weighted by Gasteiger charge is -2.50. The van der Waals surface area contributed by atoms with Crippen molar-refractivity contribution in [3.05, 3.63) is 12.2 Å². The summed E-state index contributed by atoms with van der Waals surface area (Å²) in [7, 11) is 0. The summed E-state index contributed by atoms with van der Waals surface area (Å²) in [5.74, 6) is 0.838. The zero-order chi connectivity index (χ0) is 8.60. The van der Waals surface area contributed by atoms with E-state index in [4.69, 9.17) is 0 Å². The number of nitrogens with one attached hydrogen (secondary N) is 1. The molecule has 0 amide bonds. The predicted octanol–water partition coefficient (Wildman–Crippen LogP) is 2.34. The molecule has 2 rings (SSSR count). The highest BCUT2D eigenvalue weighted by molar-refractivity contribution is 5.09. The molecule has 1 saturated heterocycles. The molecule has 1 nitrogen and oxygen atoms in total. The molecular formula is C11H19N. The Morgan fingerprint density at radius 2 is 2.25 bits per heavy atom. The van der Waals surface area contributed by atoms with Gasteiger partial charge >= 0.3 is 0 Å². The van der Waals surface area contributed by atoms with Gasteiger partial charge in [0.25, 0.3) is 0 Å². The molecule has 0 radical (unpaired) electrons. The van der Waals surface area contributed by atoms with E-state index >= 15 is 0 Å². The molecule has 1 spiro atoms. The first-order chi connectivity index (χ1) is 5.72. The van der Waals surface area contributed by atoms with Gasteiger partial charge in [-0.15, -0.1) is 0 Å². The van der Waals surface area contributed by atoms with Crippen LogP contribution in [0, 0.1) is 11.3 Å². The Kier molecular flexibility index (Phi) is 1.99. The molecule has 2 aliphatic rings. The summed E-state index contributed by atoms with van der Waals surface area (Å²) >= 11 is 0. The Morgan fingerprint density at radius 3 is 2.75 bits per heavy atom. The monoisotopic (exact) mass is 165 g/mol. The number of rotatable bonds is 1. The average molecular weight is 165 g/mol. The van der Waals surface area contributed by atoms with Crippen molar-refractivity contribution in [1.29, 1.82) is 0 Å². The predicted molar refractivity (Wildman–Crippen MR) is 52.1 cm³/mol. The first-order valence-electron chi connectivity index (χ1n) is 5.08. The third kappa shape index (κ3) is 1.31. The van der Waals surface area contributed by atoms with Crippen molar-refractivity contribution in [3.63, 3.8) is 0 Å². The molecule has 0 bridgehead atoms. The Balaban J connectivity index is 1.88. The van der Waals surface area contributed by atoms with Crippen molar-refractivity contribution < 1.29 is 0 Å². The van der Waals surface area contributed by atoms with Crippen molar-refractivity contribution in [3.8, 4) is 0 Å². The lowest BCUT2D eigenvalue weighted by Crippen LogP contribution is -2.48. The molecule has 0 aromatic rings. The molecule has 1 heterocycles. The van der Waals surface area contributed by atoms with Crippen molar-refractivity contribution in [1.82, 2.24) is 5.32 Å². The fraction of sp³-hybridized carbons (Fsp3) is 0.818. The van der Waals surface area contributed by atoms with Gasteiger partial charge in [0, 0.05) is 6.54 Å². The summed E-state index contributed by atoms with van der Waals surface area (Å²) in [6.07, 6.45) is 5.62. The molecule has 0 aromatic heterocycles. The lowest BCUT2D eigenvalue weighted by molar-refractivity contribution is 0.0470. The number of hydrogen-bond acceptors (Lipinski definition) is 1. The van der Waals surface area contributed by atoms with Gasteiger partial charge in [-0.2, -0.15) is 0 Å². The summed E-state index contributed by atoms with van der Waals surface area (Å²) < 4.78 is 0. The lowest BCUT2D eigenvalue weighted by atomic mass is 9.57. The molecule has 1 aliphatic heterocycles. The third-order valence-electron chi connectivity index (χ3n) is 3.62. The van der Waals surface area contributed by atoms with Gasteiger partial charge in [0.1, 0.15) is 0 Å². The molecule has 68 valence electrons. The molecule has 1 saturated carbocycles. The van der Waals surface area contributed by atoms with Crippen LogP contribution in [0.2, 0.25) is 0 Å². The van der Waals surface area contributed by atoms with Gasteiger partial charge in [-0.25, -0.2) is 0 Å². The van der Waals surface area contributed by atoms with Crippen LogP contribution >= 0.6 is 0 Å². The van der Waals surface area contributed by atoms with Crippen LogP contribution in [0.15, 0.2) is 12.2 Å². The van der Waals surface area contributed by atoms with Gasteiger partial charge in [-0.1, -0.05) is 12.2 Å². The van der Waals surface area contributed by atoms with E-state index in [-0.39, 0.29) is 0 Å². The fourth-order valence-corrected chi connectivity index (χ4v) is 2.71. The Morgan fingerprint density at radius 1 is 1.50 bits per heavy atom. The Labute approximate surface area is 75.2 Å². The van der Waals surface area contributed by atoms with E-state index < -0.39 is 0 Å². The summed E-state index contributed by atoms with van der Waals surface area (Å²) in [6, 6.07) is 0. The second-order valence-electron chi connectivity index (χ2n) is 4.73. The van der Waals surface area contributed by atoms with E-state index in [1.807, 2.05) is 0 Å². The van der Waals surface area contributed by atoms with Crippen LogP contribution in [0.3, 0.4) is 0 Å². The van der Waals surface area contributed by atoms with Crippen LogP contribution in [-0.4, -0.2) is 13.1 Å². The first kappa shape index (κ1) is 8.31. The van der Waals surface area contributed by atoms with Crippen LogP contribution in [0.1, 0.15) is 32.6 Å². The van der Waals surface area contributed by atoms with Gasteiger partial charge in [0.15, 0.2) is 0 Å². The van der Waals surface area contributed by atoms with Crippen molar-refractivity contribution >= 4 is 0 Å². The normalized spacial score (nSPS) is 40.9. The zero-order valence-electron chi connectivity index (χ0n) is 8.03. The summed E-state index contributed by atoms with van der Waals surface area (Å²) in [5, 5.41) is 3.51. The summed E-state index contributed by atoms with van der Waals surface area (Å²) in [5.41, 5.74) is 2.08. The highest BCUT2D eigenvalue weighted by atomic mass is 14.9. The molecule has 0 unspecified atom stereocenters. The molecule has 0 aromatic carbocycles. The standard InChI is InChI=1S/C11H19N/c1-9(2)10-6-11(7-10)4-3-5-12-8-11/h10,12H,1,3-8H2,2H3. The maximum Gasteiger partial charge on any atom is 0.000825 e. The van der Waals surface area contributed by atoms with Crippen LogP contribution in [0.25, 0.3) is 0 Å². The van der Waals surface area contributed by atoms with E-state index in [1.165, 1.54) is 44.3 Å². The molecule has 2 fully saturated rings. The minimum Gasteiger partial charge on any atom is -0.316 e. The zero-order valence-corrected chi connectivity index (χ0v) is 8.03. The SMILES string of the molecule is C=C(C)C1CC2(CCCNC2)C1. The second kappa shape index (κ2) is 2.88. The highest BCUT2D eigenvalue weighted by Gasteiger charge is 2.44. The van der Waals surface area contributed by atoms with E-state index in [2.05, 4.69) is 18.8 Å². The Hall–Kier alpha value is -0.300. The van der Waals surface area contributed by atoms with Crippen LogP contribution in [-0.2, 0) is 0 Å². The molecule has 0 atom stereocenters. The summed E-state index contributed by atoms with van der Waals surface area (Å²) in [6.45, 7) is 8.71. The van der Waals surface area contributed by atoms with Gasteiger partial charge in [0.05, 0.1) is 0 Å². The minimum absolute atomic E-state index is 0.682. The van der Waals surface area contributed by atoms with Crippen molar-refractivity contribution in [2.45, 2.75) is 32.6 Å². The van der Waals surface area contributed by atoms with E-state index in [1.54, 1.807) is 0 Å². The van der Waals surface area contributed by atoms with Gasteiger partial charge in [-0.3, -0.25) is 0 Å². The second-order valence-corrected chi connectivity index (χ2v) is 4.73. The molecule has 1 N–H and O–H groups in total. The minimum atomic E-state index is 0.682. The first-order valence-corrected chi connectivity index (χ1v) is 5.08. The maximum absolute atomic E-state index is 4.03. The smallest absolute Gasteiger partial charge is 0.000825 e. The van der Waals surface area contributed by atoms with Crippen molar-refractivity contribution in [2.24, 2.45) is 11.3 Å². The van der Waals surface area contributed by atoms with Gasteiger partial charge in [-0.05, 0) is 50.5 Å². The number of piperidine rings is 1. The molecule has 1 heteroatoms. The van der Waals surface area contributed by atoms with Gasteiger partial charge in [0.2, 0.25) is 0 Å². The van der Waals surface area contributed by atoms with Crippen LogP contribution in [0.5, 0.6) is 0 Å². The highest BCUT2D eigenvalue weighted by Crippen LogP contribution is 2.51. The summed E-state index contributed by atoms with van der Waals surface area (Å²) in [4.78, 5) is 0. The van der Waals surface area contributed by atoms with E-state index in [9.17, 15) is 0 Å². The average Bonchev–Trinajstić information content (AvgIpc) is 2.01. The topological polar surface area (TPSA) is 12.0 Å².